The maximum atomic E-state index is 5.84. The third kappa shape index (κ3) is 5.95. The van der Waals surface area contributed by atoms with Gasteiger partial charge in [-0.15, -0.1) is 0 Å². The number of nitrogens with two attached hydrogens (primary N) is 1. The molecule has 4 nitrogen and oxygen atoms in total. The van der Waals surface area contributed by atoms with Gasteiger partial charge in [0.2, 0.25) is 0 Å². The first-order chi connectivity index (χ1) is 12.4. The lowest BCUT2D eigenvalue weighted by Crippen LogP contribution is -2.12. The summed E-state index contributed by atoms with van der Waals surface area (Å²) < 4.78 is 17.3. The van der Waals surface area contributed by atoms with E-state index in [0.29, 0.717) is 26.4 Å². The van der Waals surface area contributed by atoms with Crippen molar-refractivity contribution in [3.63, 3.8) is 0 Å². The van der Waals surface area contributed by atoms with Crippen molar-refractivity contribution >= 4 is 0 Å². The van der Waals surface area contributed by atoms with Crippen molar-refractivity contribution in [2.45, 2.75) is 39.5 Å². The van der Waals surface area contributed by atoms with Gasteiger partial charge in [-0.1, -0.05) is 39.0 Å². The molecule has 0 aliphatic carbocycles. The topological polar surface area (TPSA) is 53.7 Å². The van der Waals surface area contributed by atoms with Crippen molar-refractivity contribution in [2.24, 2.45) is 5.73 Å². The summed E-state index contributed by atoms with van der Waals surface area (Å²) in [6, 6.07) is 14.2. The van der Waals surface area contributed by atoms with Gasteiger partial charge in [0.1, 0.15) is 19.0 Å². The van der Waals surface area contributed by atoms with Crippen molar-refractivity contribution in [2.75, 3.05) is 26.4 Å². The quantitative estimate of drug-likeness (QED) is 0.678. The number of hydrogen-bond donors (Lipinski definition) is 1. The molecule has 2 N–H and O–H groups in total. The van der Waals surface area contributed by atoms with E-state index in [1.807, 2.05) is 37.3 Å². The minimum atomic E-state index is 0.146. The van der Waals surface area contributed by atoms with Crippen molar-refractivity contribution < 1.29 is 14.2 Å². The van der Waals surface area contributed by atoms with Gasteiger partial charge in [0.25, 0.3) is 0 Å². The molecule has 26 heavy (non-hydrogen) atoms. The molecule has 0 radical (unpaired) electrons. The largest absolute Gasteiger partial charge is 0.490 e. The normalized spacial score (nSPS) is 11.3. The predicted octanol–water partition coefficient (Wildman–Crippen LogP) is 4.34. The van der Waals surface area contributed by atoms with Gasteiger partial charge in [0, 0.05) is 0 Å². The van der Waals surface area contributed by atoms with Crippen LogP contribution in [0.1, 0.15) is 38.8 Å². The van der Waals surface area contributed by atoms with Gasteiger partial charge >= 0.3 is 0 Å². The molecule has 0 saturated heterocycles. The highest BCUT2D eigenvalue weighted by Crippen LogP contribution is 2.29. The molecule has 0 aromatic heterocycles. The van der Waals surface area contributed by atoms with Gasteiger partial charge in [-0.3, -0.25) is 0 Å². The standard InChI is InChI=1S/C22H31NO3/c1-5-24-21-16-17(12-13-23)6-11-20(21)26-15-14-25-19-9-7-18(8-10-19)22(2,3)4/h6-11,16H,5,12-15,23H2,1-4H3. The van der Waals surface area contributed by atoms with Crippen LogP contribution < -0.4 is 19.9 Å². The van der Waals surface area contributed by atoms with Gasteiger partial charge in [0.15, 0.2) is 11.5 Å². The van der Waals surface area contributed by atoms with Crippen molar-refractivity contribution in [1.29, 1.82) is 0 Å². The smallest absolute Gasteiger partial charge is 0.161 e. The van der Waals surface area contributed by atoms with E-state index >= 15 is 0 Å². The zero-order chi connectivity index (χ0) is 19.0. The molecule has 2 aromatic rings. The van der Waals surface area contributed by atoms with E-state index in [1.165, 1.54) is 5.56 Å². The minimum Gasteiger partial charge on any atom is -0.490 e. The second-order valence-corrected chi connectivity index (χ2v) is 7.22. The van der Waals surface area contributed by atoms with Gasteiger partial charge in [-0.2, -0.15) is 0 Å². The van der Waals surface area contributed by atoms with Gasteiger partial charge in [-0.25, -0.2) is 0 Å². The molecule has 2 rings (SSSR count). The fraction of sp³-hybridized carbons (Fsp3) is 0.455. The van der Waals surface area contributed by atoms with Crippen LogP contribution in [0.25, 0.3) is 0 Å². The fourth-order valence-electron chi connectivity index (χ4n) is 2.62. The maximum absolute atomic E-state index is 5.84. The Morgan fingerprint density at radius 3 is 2.15 bits per heavy atom. The van der Waals surface area contributed by atoms with E-state index < -0.39 is 0 Å². The Bertz CT molecular complexity index is 675. The number of ether oxygens (including phenoxy) is 3. The van der Waals surface area contributed by atoms with E-state index in [1.54, 1.807) is 0 Å². The Morgan fingerprint density at radius 1 is 0.846 bits per heavy atom. The summed E-state index contributed by atoms with van der Waals surface area (Å²) in [5.41, 5.74) is 8.21. The minimum absolute atomic E-state index is 0.146. The highest BCUT2D eigenvalue weighted by atomic mass is 16.5. The Kier molecular flexibility index (Phi) is 7.34. The first-order valence-corrected chi connectivity index (χ1v) is 9.26. The van der Waals surface area contributed by atoms with Crippen LogP contribution in [-0.4, -0.2) is 26.4 Å². The van der Waals surface area contributed by atoms with Crippen molar-refractivity contribution in [3.05, 3.63) is 53.6 Å². The molecule has 0 bridgehead atoms. The highest BCUT2D eigenvalue weighted by Gasteiger charge is 2.13. The molecular formula is C22H31NO3. The molecule has 2 aromatic carbocycles. The summed E-state index contributed by atoms with van der Waals surface area (Å²) in [5, 5.41) is 0. The summed E-state index contributed by atoms with van der Waals surface area (Å²) in [6.07, 6.45) is 0.827. The summed E-state index contributed by atoms with van der Waals surface area (Å²) in [7, 11) is 0. The van der Waals surface area contributed by atoms with Crippen LogP contribution in [-0.2, 0) is 11.8 Å². The SMILES string of the molecule is CCOc1cc(CCN)ccc1OCCOc1ccc(C(C)(C)C)cc1. The first kappa shape index (κ1) is 20.1. The third-order valence-electron chi connectivity index (χ3n) is 4.07. The van der Waals surface area contributed by atoms with Gasteiger partial charge in [0.05, 0.1) is 6.61 Å². The van der Waals surface area contributed by atoms with Gasteiger partial charge < -0.3 is 19.9 Å². The average molecular weight is 357 g/mol. The van der Waals surface area contributed by atoms with Crippen molar-refractivity contribution in [1.82, 2.24) is 0 Å². The van der Waals surface area contributed by atoms with E-state index in [2.05, 4.69) is 32.9 Å². The molecule has 0 saturated carbocycles. The molecule has 0 fully saturated rings. The average Bonchev–Trinajstić information content (AvgIpc) is 2.60. The number of rotatable bonds is 9. The fourth-order valence-corrected chi connectivity index (χ4v) is 2.62. The molecule has 0 amide bonds. The van der Waals surface area contributed by atoms with E-state index in [9.17, 15) is 0 Å². The van der Waals surface area contributed by atoms with Crippen LogP contribution in [0.15, 0.2) is 42.5 Å². The highest BCUT2D eigenvalue weighted by molar-refractivity contribution is 5.43. The van der Waals surface area contributed by atoms with Crippen LogP contribution in [0.4, 0.5) is 0 Å². The monoisotopic (exact) mass is 357 g/mol. The lowest BCUT2D eigenvalue weighted by Gasteiger charge is -2.19. The summed E-state index contributed by atoms with van der Waals surface area (Å²) in [5.74, 6) is 2.34. The zero-order valence-corrected chi connectivity index (χ0v) is 16.4. The van der Waals surface area contributed by atoms with E-state index in [4.69, 9.17) is 19.9 Å². The van der Waals surface area contributed by atoms with E-state index in [-0.39, 0.29) is 5.41 Å². The number of benzene rings is 2. The van der Waals surface area contributed by atoms with Crippen molar-refractivity contribution in [3.8, 4) is 17.2 Å². The van der Waals surface area contributed by atoms with Crippen LogP contribution in [0.3, 0.4) is 0 Å². The molecule has 0 aliphatic rings. The summed E-state index contributed by atoms with van der Waals surface area (Å²) >= 11 is 0. The molecule has 142 valence electrons. The Balaban J connectivity index is 1.87. The molecule has 0 spiro atoms. The second-order valence-electron chi connectivity index (χ2n) is 7.22. The summed E-state index contributed by atoms with van der Waals surface area (Å²) in [6.45, 7) is 10.7. The molecule has 0 aliphatic heterocycles. The van der Waals surface area contributed by atoms with E-state index in [0.717, 1.165) is 29.2 Å². The van der Waals surface area contributed by atoms with Crippen LogP contribution in [0, 0.1) is 0 Å². The molecule has 0 unspecified atom stereocenters. The predicted molar refractivity (Wildman–Crippen MR) is 107 cm³/mol. The molecule has 4 heteroatoms. The molecule has 0 heterocycles. The lowest BCUT2D eigenvalue weighted by molar-refractivity contribution is 0.208. The maximum Gasteiger partial charge on any atom is 0.161 e. The lowest BCUT2D eigenvalue weighted by atomic mass is 9.87. The van der Waals surface area contributed by atoms with Gasteiger partial charge in [-0.05, 0) is 60.7 Å². The third-order valence-corrected chi connectivity index (χ3v) is 4.07. The Labute approximate surface area is 157 Å². The second kappa shape index (κ2) is 9.48. The zero-order valence-electron chi connectivity index (χ0n) is 16.4. The molecular weight excluding hydrogens is 326 g/mol. The van der Waals surface area contributed by atoms with Crippen LogP contribution in [0.5, 0.6) is 17.2 Å². The summed E-state index contributed by atoms with van der Waals surface area (Å²) in [4.78, 5) is 0. The Morgan fingerprint density at radius 2 is 1.54 bits per heavy atom. The first-order valence-electron chi connectivity index (χ1n) is 9.26. The van der Waals surface area contributed by atoms with Crippen LogP contribution in [0.2, 0.25) is 0 Å². The number of hydrogen-bond acceptors (Lipinski definition) is 4. The molecule has 0 atom stereocenters. The van der Waals surface area contributed by atoms with Crippen LogP contribution >= 0.6 is 0 Å². The Hall–Kier alpha value is -2.20.